The van der Waals surface area contributed by atoms with Crippen molar-refractivity contribution in [3.8, 4) is 11.5 Å². The van der Waals surface area contributed by atoms with E-state index in [1.165, 1.54) is 6.07 Å². The van der Waals surface area contributed by atoms with Crippen LogP contribution in [0.4, 0.5) is 14.5 Å². The van der Waals surface area contributed by atoms with E-state index in [4.69, 9.17) is 4.74 Å². The molecular weight excluding hydrogens is 324 g/mol. The number of hydrogen-bond acceptors (Lipinski definition) is 4. The van der Waals surface area contributed by atoms with Crippen LogP contribution < -0.4 is 14.8 Å². The molecule has 7 heteroatoms. The fourth-order valence-electron chi connectivity index (χ4n) is 2.07. The van der Waals surface area contributed by atoms with Crippen LogP contribution in [-0.4, -0.2) is 19.1 Å². The molecule has 0 unspecified atom stereocenters. The van der Waals surface area contributed by atoms with Crippen molar-refractivity contribution in [2.45, 2.75) is 27.4 Å². The van der Waals surface area contributed by atoms with Crippen molar-refractivity contribution in [3.05, 3.63) is 39.6 Å². The fraction of sp³-hybridized carbons (Fsp3) is 0.312. The van der Waals surface area contributed by atoms with E-state index in [2.05, 4.69) is 10.1 Å². The fourth-order valence-corrected chi connectivity index (χ4v) is 2.90. The summed E-state index contributed by atoms with van der Waals surface area (Å²) in [7, 11) is 0. The number of ether oxygens (including phenoxy) is 2. The van der Waals surface area contributed by atoms with Crippen LogP contribution in [0.5, 0.6) is 11.5 Å². The first kappa shape index (κ1) is 17.2. The zero-order valence-corrected chi connectivity index (χ0v) is 13.8. The number of rotatable bonds is 6. The minimum Gasteiger partial charge on any atom is -0.494 e. The van der Waals surface area contributed by atoms with Gasteiger partial charge in [0, 0.05) is 10.6 Å². The Morgan fingerprint density at radius 1 is 1.26 bits per heavy atom. The van der Waals surface area contributed by atoms with Gasteiger partial charge in [0.25, 0.3) is 5.91 Å². The number of benzene rings is 1. The number of carbonyl (C=O) groups is 1. The Kier molecular flexibility index (Phi) is 5.54. The summed E-state index contributed by atoms with van der Waals surface area (Å²) >= 11 is 1.10. The van der Waals surface area contributed by atoms with Gasteiger partial charge in [0.15, 0.2) is 0 Å². The lowest BCUT2D eigenvalue weighted by molar-refractivity contribution is -0.0498. The van der Waals surface area contributed by atoms with Crippen molar-refractivity contribution in [3.63, 3.8) is 0 Å². The zero-order valence-electron chi connectivity index (χ0n) is 13.0. The summed E-state index contributed by atoms with van der Waals surface area (Å²) in [6.07, 6.45) is 0. The molecule has 2 aromatic rings. The van der Waals surface area contributed by atoms with Crippen molar-refractivity contribution in [1.82, 2.24) is 0 Å². The molecule has 0 aliphatic rings. The summed E-state index contributed by atoms with van der Waals surface area (Å²) in [6, 6.07) is 6.64. The molecule has 1 aromatic heterocycles. The highest BCUT2D eigenvalue weighted by atomic mass is 32.1. The summed E-state index contributed by atoms with van der Waals surface area (Å²) in [5.41, 5.74) is 1.43. The maximum Gasteiger partial charge on any atom is 0.387 e. The molecule has 0 spiro atoms. The van der Waals surface area contributed by atoms with Gasteiger partial charge in [0.1, 0.15) is 16.4 Å². The largest absolute Gasteiger partial charge is 0.494 e. The van der Waals surface area contributed by atoms with Gasteiger partial charge in [-0.1, -0.05) is 0 Å². The molecule has 0 aliphatic heterocycles. The van der Waals surface area contributed by atoms with Gasteiger partial charge in [-0.15, -0.1) is 11.3 Å². The van der Waals surface area contributed by atoms with Crippen LogP contribution in [0, 0.1) is 13.8 Å². The molecular formula is C16H17F2NO3S. The van der Waals surface area contributed by atoms with Crippen molar-refractivity contribution < 1.29 is 23.0 Å². The lowest BCUT2D eigenvalue weighted by atomic mass is 10.2. The molecule has 1 aromatic carbocycles. The lowest BCUT2D eigenvalue weighted by Gasteiger charge is -2.10. The third kappa shape index (κ3) is 4.41. The van der Waals surface area contributed by atoms with E-state index in [9.17, 15) is 13.6 Å². The van der Waals surface area contributed by atoms with Gasteiger partial charge in [0.05, 0.1) is 6.61 Å². The van der Waals surface area contributed by atoms with Gasteiger partial charge in [-0.2, -0.15) is 8.78 Å². The molecule has 23 heavy (non-hydrogen) atoms. The normalized spacial score (nSPS) is 10.7. The number of nitrogens with one attached hydrogen (secondary N) is 1. The van der Waals surface area contributed by atoms with Gasteiger partial charge in [-0.05, 0) is 50.6 Å². The number of carbonyl (C=O) groups excluding carboxylic acids is 1. The second-order valence-corrected chi connectivity index (χ2v) is 6.05. The summed E-state index contributed by atoms with van der Waals surface area (Å²) in [6.45, 7) is 3.05. The molecule has 0 atom stereocenters. The second kappa shape index (κ2) is 7.41. The SMILES string of the molecule is CCOc1ccc(NC(=O)c2sc(C)cc2OC(F)F)cc1C. The first-order chi connectivity index (χ1) is 10.9. The number of hydrogen-bond donors (Lipinski definition) is 1. The Hall–Kier alpha value is -2.15. The molecule has 124 valence electrons. The number of halogens is 2. The van der Waals surface area contributed by atoms with Crippen LogP contribution in [0.3, 0.4) is 0 Å². The van der Waals surface area contributed by atoms with Crippen molar-refractivity contribution >= 4 is 22.9 Å². The average Bonchev–Trinajstić information content (AvgIpc) is 2.82. The molecule has 0 saturated heterocycles. The molecule has 1 amide bonds. The van der Waals surface area contributed by atoms with Crippen LogP contribution in [0.15, 0.2) is 24.3 Å². The quantitative estimate of drug-likeness (QED) is 0.834. The first-order valence-electron chi connectivity index (χ1n) is 7.00. The monoisotopic (exact) mass is 341 g/mol. The molecule has 1 heterocycles. The van der Waals surface area contributed by atoms with Crippen molar-refractivity contribution in [1.29, 1.82) is 0 Å². The smallest absolute Gasteiger partial charge is 0.387 e. The molecule has 2 rings (SSSR count). The Morgan fingerprint density at radius 2 is 2.00 bits per heavy atom. The topological polar surface area (TPSA) is 47.6 Å². The van der Waals surface area contributed by atoms with E-state index in [1.807, 2.05) is 13.8 Å². The molecule has 0 fully saturated rings. The van der Waals surface area contributed by atoms with Crippen molar-refractivity contribution in [2.24, 2.45) is 0 Å². The summed E-state index contributed by atoms with van der Waals surface area (Å²) in [4.78, 5) is 13.1. The zero-order chi connectivity index (χ0) is 17.0. The Bertz CT molecular complexity index is 701. The van der Waals surface area contributed by atoms with Crippen LogP contribution in [0.25, 0.3) is 0 Å². The maximum absolute atomic E-state index is 12.4. The van der Waals surface area contributed by atoms with E-state index in [-0.39, 0.29) is 10.6 Å². The van der Waals surface area contributed by atoms with Gasteiger partial charge in [0.2, 0.25) is 0 Å². The number of thiophene rings is 1. The third-order valence-corrected chi connectivity index (χ3v) is 4.01. The lowest BCUT2D eigenvalue weighted by Crippen LogP contribution is -2.13. The summed E-state index contributed by atoms with van der Waals surface area (Å²) in [5.74, 6) is 0.143. The van der Waals surface area contributed by atoms with Gasteiger partial charge in [-0.25, -0.2) is 0 Å². The minimum atomic E-state index is -2.97. The van der Waals surface area contributed by atoms with Crippen LogP contribution >= 0.6 is 11.3 Å². The Balaban J connectivity index is 2.17. The standard InChI is InChI=1S/C16H17F2NO3S/c1-4-21-12-6-5-11(7-9(12)2)19-15(20)14-13(22-16(17)18)8-10(3)23-14/h5-8,16H,4H2,1-3H3,(H,19,20). The summed E-state index contributed by atoms with van der Waals surface area (Å²) in [5, 5.41) is 2.69. The van der Waals surface area contributed by atoms with Crippen LogP contribution in [-0.2, 0) is 0 Å². The first-order valence-corrected chi connectivity index (χ1v) is 7.82. The highest BCUT2D eigenvalue weighted by Crippen LogP contribution is 2.31. The minimum absolute atomic E-state index is 0.109. The maximum atomic E-state index is 12.4. The second-order valence-electron chi connectivity index (χ2n) is 4.80. The Morgan fingerprint density at radius 3 is 2.61 bits per heavy atom. The van der Waals surface area contributed by atoms with Crippen LogP contribution in [0.1, 0.15) is 27.0 Å². The van der Waals surface area contributed by atoms with Gasteiger partial charge in [-0.3, -0.25) is 4.79 Å². The van der Waals surface area contributed by atoms with Crippen LogP contribution in [0.2, 0.25) is 0 Å². The molecule has 4 nitrogen and oxygen atoms in total. The number of anilines is 1. The molecule has 0 saturated carbocycles. The molecule has 0 radical (unpaired) electrons. The molecule has 1 N–H and O–H groups in total. The highest BCUT2D eigenvalue weighted by Gasteiger charge is 2.19. The van der Waals surface area contributed by atoms with Crippen molar-refractivity contribution in [2.75, 3.05) is 11.9 Å². The van der Waals surface area contributed by atoms with E-state index >= 15 is 0 Å². The van der Waals surface area contributed by atoms with E-state index in [0.717, 1.165) is 22.6 Å². The van der Waals surface area contributed by atoms with E-state index in [1.54, 1.807) is 25.1 Å². The highest BCUT2D eigenvalue weighted by molar-refractivity contribution is 7.14. The number of alkyl halides is 2. The van der Waals surface area contributed by atoms with E-state index in [0.29, 0.717) is 17.2 Å². The predicted octanol–water partition coefficient (Wildman–Crippen LogP) is 4.62. The number of aryl methyl sites for hydroxylation is 2. The molecule has 0 bridgehead atoms. The Labute approximate surface area is 137 Å². The van der Waals surface area contributed by atoms with Gasteiger partial charge >= 0.3 is 6.61 Å². The van der Waals surface area contributed by atoms with Gasteiger partial charge < -0.3 is 14.8 Å². The summed E-state index contributed by atoms with van der Waals surface area (Å²) < 4.78 is 34.6. The third-order valence-electron chi connectivity index (χ3n) is 2.98. The molecule has 0 aliphatic carbocycles. The number of amides is 1. The average molecular weight is 341 g/mol. The predicted molar refractivity (Wildman–Crippen MR) is 86.0 cm³/mol. The van der Waals surface area contributed by atoms with E-state index < -0.39 is 12.5 Å².